The molecule has 3 rings (SSSR count). The van der Waals surface area contributed by atoms with Gasteiger partial charge in [0.25, 0.3) is 5.91 Å². The highest BCUT2D eigenvalue weighted by Crippen LogP contribution is 2.21. The first kappa shape index (κ1) is 17.8. The third-order valence-electron chi connectivity index (χ3n) is 4.47. The van der Waals surface area contributed by atoms with Crippen LogP contribution in [0.1, 0.15) is 43.0 Å². The van der Waals surface area contributed by atoms with Crippen LogP contribution in [-0.4, -0.2) is 37.0 Å². The largest absolute Gasteiger partial charge is 0.349 e. The monoisotopic (exact) mass is 337 g/mol. The van der Waals surface area contributed by atoms with Gasteiger partial charge in [-0.25, -0.2) is 0 Å². The minimum Gasteiger partial charge on any atom is -0.349 e. The average Bonchev–Trinajstić information content (AvgIpc) is 2.93. The molecule has 2 fully saturated rings. The van der Waals surface area contributed by atoms with Gasteiger partial charge in [0.15, 0.2) is 0 Å². The zero-order valence-electron chi connectivity index (χ0n) is 13.4. The lowest BCUT2D eigenvalue weighted by Gasteiger charge is -2.28. The van der Waals surface area contributed by atoms with Gasteiger partial charge in [-0.05, 0) is 57.0 Å². The Hall–Kier alpha value is -1.59. The SMILES string of the molecule is CC1CC(NC(=O)c2ccc(N3CCCC3=O)cc2)CCN1.Cl. The van der Waals surface area contributed by atoms with Crippen LogP contribution in [0, 0.1) is 0 Å². The van der Waals surface area contributed by atoms with E-state index in [1.165, 1.54) is 0 Å². The number of carbonyl (C=O) groups excluding carboxylic acids is 2. The van der Waals surface area contributed by atoms with E-state index in [-0.39, 0.29) is 30.3 Å². The predicted octanol–water partition coefficient (Wildman–Crippen LogP) is 2.11. The van der Waals surface area contributed by atoms with E-state index in [9.17, 15) is 9.59 Å². The molecule has 0 radical (unpaired) electrons. The zero-order valence-corrected chi connectivity index (χ0v) is 14.2. The molecule has 2 unspecified atom stereocenters. The minimum absolute atomic E-state index is 0. The first-order valence-corrected chi connectivity index (χ1v) is 8.08. The molecule has 2 saturated heterocycles. The van der Waals surface area contributed by atoms with Crippen molar-refractivity contribution in [3.8, 4) is 0 Å². The quantitative estimate of drug-likeness (QED) is 0.888. The van der Waals surface area contributed by atoms with E-state index in [0.717, 1.165) is 38.0 Å². The molecule has 126 valence electrons. The number of nitrogens with zero attached hydrogens (tertiary/aromatic N) is 1. The van der Waals surface area contributed by atoms with Crippen molar-refractivity contribution in [3.05, 3.63) is 29.8 Å². The van der Waals surface area contributed by atoms with Crippen LogP contribution < -0.4 is 15.5 Å². The molecular formula is C17H24ClN3O2. The van der Waals surface area contributed by atoms with Gasteiger partial charge in [0, 0.05) is 36.3 Å². The summed E-state index contributed by atoms with van der Waals surface area (Å²) < 4.78 is 0. The van der Waals surface area contributed by atoms with Crippen LogP contribution in [0.25, 0.3) is 0 Å². The van der Waals surface area contributed by atoms with E-state index in [1.54, 1.807) is 17.0 Å². The second kappa shape index (κ2) is 7.79. The molecule has 2 atom stereocenters. The molecule has 1 aromatic rings. The van der Waals surface area contributed by atoms with Crippen LogP contribution in [0.2, 0.25) is 0 Å². The molecule has 5 nitrogen and oxygen atoms in total. The Balaban J connectivity index is 0.00000192. The van der Waals surface area contributed by atoms with Crippen molar-refractivity contribution in [2.45, 2.75) is 44.7 Å². The van der Waals surface area contributed by atoms with Crippen molar-refractivity contribution in [2.24, 2.45) is 0 Å². The van der Waals surface area contributed by atoms with Crippen LogP contribution in [0.15, 0.2) is 24.3 Å². The van der Waals surface area contributed by atoms with Crippen LogP contribution in [-0.2, 0) is 4.79 Å². The highest BCUT2D eigenvalue weighted by Gasteiger charge is 2.23. The Morgan fingerprint density at radius 3 is 2.65 bits per heavy atom. The Kier molecular flexibility index (Phi) is 6.02. The van der Waals surface area contributed by atoms with Crippen LogP contribution in [0.4, 0.5) is 5.69 Å². The zero-order chi connectivity index (χ0) is 15.5. The lowest BCUT2D eigenvalue weighted by molar-refractivity contribution is -0.117. The maximum Gasteiger partial charge on any atom is 0.251 e. The third-order valence-corrected chi connectivity index (χ3v) is 4.47. The Bertz CT molecular complexity index is 561. The van der Waals surface area contributed by atoms with Crippen LogP contribution >= 0.6 is 12.4 Å². The van der Waals surface area contributed by atoms with Crippen molar-refractivity contribution in [2.75, 3.05) is 18.0 Å². The second-order valence-electron chi connectivity index (χ2n) is 6.25. The van der Waals surface area contributed by atoms with Crippen molar-refractivity contribution < 1.29 is 9.59 Å². The topological polar surface area (TPSA) is 61.4 Å². The van der Waals surface area contributed by atoms with Gasteiger partial charge in [-0.2, -0.15) is 0 Å². The number of benzene rings is 1. The fraction of sp³-hybridized carbons (Fsp3) is 0.529. The summed E-state index contributed by atoms with van der Waals surface area (Å²) in [6, 6.07) is 8.03. The number of carbonyl (C=O) groups is 2. The average molecular weight is 338 g/mol. The summed E-state index contributed by atoms with van der Waals surface area (Å²) in [6.45, 7) is 3.86. The molecule has 2 aliphatic rings. The highest BCUT2D eigenvalue weighted by molar-refractivity contribution is 5.97. The van der Waals surface area contributed by atoms with E-state index in [2.05, 4.69) is 17.6 Å². The summed E-state index contributed by atoms with van der Waals surface area (Å²) in [5, 5.41) is 6.48. The highest BCUT2D eigenvalue weighted by atomic mass is 35.5. The molecule has 0 aliphatic carbocycles. The maximum atomic E-state index is 12.3. The molecule has 0 bridgehead atoms. The summed E-state index contributed by atoms with van der Waals surface area (Å²) >= 11 is 0. The van der Waals surface area contributed by atoms with Gasteiger partial charge in [-0.1, -0.05) is 0 Å². The molecule has 1 aromatic carbocycles. The smallest absolute Gasteiger partial charge is 0.251 e. The molecule has 0 aromatic heterocycles. The molecule has 0 saturated carbocycles. The van der Waals surface area contributed by atoms with Crippen molar-refractivity contribution >= 4 is 29.9 Å². The predicted molar refractivity (Wildman–Crippen MR) is 93.2 cm³/mol. The molecule has 2 amide bonds. The fourth-order valence-corrected chi connectivity index (χ4v) is 3.25. The molecule has 6 heteroatoms. The second-order valence-corrected chi connectivity index (χ2v) is 6.25. The molecule has 0 spiro atoms. The van der Waals surface area contributed by atoms with E-state index in [0.29, 0.717) is 18.0 Å². The van der Waals surface area contributed by atoms with Gasteiger partial charge in [-0.3, -0.25) is 9.59 Å². The van der Waals surface area contributed by atoms with Gasteiger partial charge in [0.05, 0.1) is 0 Å². The Morgan fingerprint density at radius 2 is 2.04 bits per heavy atom. The van der Waals surface area contributed by atoms with Gasteiger partial charge < -0.3 is 15.5 Å². The normalized spacial score (nSPS) is 24.2. The number of rotatable bonds is 3. The first-order chi connectivity index (χ1) is 10.6. The summed E-state index contributed by atoms with van der Waals surface area (Å²) in [4.78, 5) is 25.8. The minimum atomic E-state index is -0.0293. The van der Waals surface area contributed by atoms with Crippen molar-refractivity contribution in [1.29, 1.82) is 0 Å². The number of hydrogen-bond acceptors (Lipinski definition) is 3. The first-order valence-electron chi connectivity index (χ1n) is 8.08. The number of halogens is 1. The number of anilines is 1. The van der Waals surface area contributed by atoms with Crippen molar-refractivity contribution in [1.82, 2.24) is 10.6 Å². The Morgan fingerprint density at radius 1 is 1.30 bits per heavy atom. The third kappa shape index (κ3) is 4.24. The van der Waals surface area contributed by atoms with E-state index < -0.39 is 0 Å². The summed E-state index contributed by atoms with van der Waals surface area (Å²) in [7, 11) is 0. The van der Waals surface area contributed by atoms with Gasteiger partial charge in [0.2, 0.25) is 5.91 Å². The van der Waals surface area contributed by atoms with Gasteiger partial charge in [-0.15, -0.1) is 12.4 Å². The van der Waals surface area contributed by atoms with Crippen LogP contribution in [0.5, 0.6) is 0 Å². The van der Waals surface area contributed by atoms with Gasteiger partial charge >= 0.3 is 0 Å². The fourth-order valence-electron chi connectivity index (χ4n) is 3.25. The lowest BCUT2D eigenvalue weighted by atomic mass is 10.0. The van der Waals surface area contributed by atoms with E-state index in [1.807, 2.05) is 12.1 Å². The van der Waals surface area contributed by atoms with Crippen molar-refractivity contribution in [3.63, 3.8) is 0 Å². The summed E-state index contributed by atoms with van der Waals surface area (Å²) in [5.41, 5.74) is 1.54. The number of nitrogens with one attached hydrogen (secondary N) is 2. The van der Waals surface area contributed by atoms with E-state index in [4.69, 9.17) is 0 Å². The number of piperidine rings is 1. The molecular weight excluding hydrogens is 314 g/mol. The number of amides is 2. The molecule has 23 heavy (non-hydrogen) atoms. The van der Waals surface area contributed by atoms with Gasteiger partial charge in [0.1, 0.15) is 0 Å². The Labute approximate surface area is 143 Å². The standard InChI is InChI=1S/C17H23N3O2.ClH/c1-12-11-14(8-9-18-12)19-17(22)13-4-6-15(7-5-13)20-10-2-3-16(20)21;/h4-7,12,14,18H,2-3,8-11H2,1H3,(H,19,22);1H. The van der Waals surface area contributed by atoms with Crippen LogP contribution in [0.3, 0.4) is 0 Å². The van der Waals surface area contributed by atoms with E-state index >= 15 is 0 Å². The molecule has 2 heterocycles. The summed E-state index contributed by atoms with van der Waals surface area (Å²) in [6.07, 6.45) is 3.47. The number of hydrogen-bond donors (Lipinski definition) is 2. The molecule has 2 aliphatic heterocycles. The maximum absolute atomic E-state index is 12.3. The lowest BCUT2D eigenvalue weighted by Crippen LogP contribution is -2.46. The summed E-state index contributed by atoms with van der Waals surface area (Å²) in [5.74, 6) is 0.138. The molecule has 2 N–H and O–H groups in total.